The summed E-state index contributed by atoms with van der Waals surface area (Å²) in [5.74, 6) is -0.966. The Labute approximate surface area is 216 Å². The first-order valence-electron chi connectivity index (χ1n) is 10.4. The monoisotopic (exact) mass is 547 g/mol. The fourth-order valence-electron chi connectivity index (χ4n) is 3.17. The van der Waals surface area contributed by atoms with E-state index in [0.717, 1.165) is 10.6 Å². The lowest BCUT2D eigenvalue weighted by molar-refractivity contribution is -0.140. The number of halogens is 3. The van der Waals surface area contributed by atoms with E-state index in [4.69, 9.17) is 34.8 Å². The second kappa shape index (κ2) is 11.2. The van der Waals surface area contributed by atoms with E-state index in [9.17, 15) is 18.0 Å². The minimum Gasteiger partial charge on any atom is -0.350 e. The van der Waals surface area contributed by atoms with Crippen LogP contribution >= 0.6 is 34.8 Å². The van der Waals surface area contributed by atoms with Crippen LogP contribution in [0.2, 0.25) is 15.1 Å². The van der Waals surface area contributed by atoms with Gasteiger partial charge in [-0.05, 0) is 63.6 Å². The molecule has 0 unspecified atom stereocenters. The molecule has 2 aromatic rings. The molecule has 0 fully saturated rings. The van der Waals surface area contributed by atoms with Gasteiger partial charge < -0.3 is 10.2 Å². The van der Waals surface area contributed by atoms with Gasteiger partial charge in [-0.15, -0.1) is 0 Å². The van der Waals surface area contributed by atoms with E-state index in [1.165, 1.54) is 23.1 Å². The smallest absolute Gasteiger partial charge is 0.244 e. The molecule has 0 spiro atoms. The summed E-state index contributed by atoms with van der Waals surface area (Å²) in [6, 6.07) is 10.3. The average Bonchev–Trinajstić information content (AvgIpc) is 2.68. The first kappa shape index (κ1) is 28.2. The van der Waals surface area contributed by atoms with Crippen molar-refractivity contribution in [2.75, 3.05) is 17.1 Å². The fourth-order valence-corrected chi connectivity index (χ4v) is 4.80. The number of rotatable bonds is 8. The van der Waals surface area contributed by atoms with E-state index >= 15 is 0 Å². The molecule has 0 bridgehead atoms. The van der Waals surface area contributed by atoms with Crippen LogP contribution in [0, 0.1) is 0 Å². The van der Waals surface area contributed by atoms with Crippen LogP contribution < -0.4 is 9.62 Å². The van der Waals surface area contributed by atoms with Gasteiger partial charge in [-0.2, -0.15) is 0 Å². The topological polar surface area (TPSA) is 86.8 Å². The van der Waals surface area contributed by atoms with Gasteiger partial charge >= 0.3 is 0 Å². The third-order valence-corrected chi connectivity index (χ3v) is 6.66. The van der Waals surface area contributed by atoms with Gasteiger partial charge in [0.05, 0.1) is 17.0 Å². The number of carbonyl (C=O) groups is 2. The van der Waals surface area contributed by atoms with Gasteiger partial charge in [0.1, 0.15) is 12.6 Å². The van der Waals surface area contributed by atoms with Gasteiger partial charge in [0, 0.05) is 22.1 Å². The van der Waals surface area contributed by atoms with Crippen LogP contribution in [0.25, 0.3) is 0 Å². The first-order valence-corrected chi connectivity index (χ1v) is 13.4. The Morgan fingerprint density at radius 2 is 1.65 bits per heavy atom. The van der Waals surface area contributed by atoms with E-state index in [1.807, 2.05) is 20.8 Å². The van der Waals surface area contributed by atoms with Crippen molar-refractivity contribution in [3.05, 3.63) is 63.1 Å². The fraction of sp³-hybridized carbons (Fsp3) is 0.391. The van der Waals surface area contributed by atoms with Crippen molar-refractivity contribution in [3.63, 3.8) is 0 Å². The maximum Gasteiger partial charge on any atom is 0.244 e. The zero-order valence-electron chi connectivity index (χ0n) is 19.6. The Morgan fingerprint density at radius 1 is 1.03 bits per heavy atom. The van der Waals surface area contributed by atoms with Gasteiger partial charge in [0.2, 0.25) is 21.8 Å². The number of benzene rings is 2. The predicted molar refractivity (Wildman–Crippen MR) is 138 cm³/mol. The van der Waals surface area contributed by atoms with Crippen LogP contribution in [0.5, 0.6) is 0 Å². The summed E-state index contributed by atoms with van der Waals surface area (Å²) in [6.07, 6.45) is 0.974. The molecule has 1 atom stereocenters. The molecule has 0 aliphatic carbocycles. The molecule has 0 aliphatic rings. The van der Waals surface area contributed by atoms with Crippen molar-refractivity contribution in [1.29, 1.82) is 0 Å². The zero-order valence-corrected chi connectivity index (χ0v) is 22.7. The molecule has 7 nitrogen and oxygen atoms in total. The van der Waals surface area contributed by atoms with Crippen molar-refractivity contribution in [3.8, 4) is 0 Å². The first-order chi connectivity index (χ1) is 15.6. The van der Waals surface area contributed by atoms with E-state index in [-0.39, 0.29) is 23.2 Å². The van der Waals surface area contributed by atoms with Crippen LogP contribution in [0.15, 0.2) is 42.5 Å². The second-order valence-corrected chi connectivity index (χ2v) is 12.1. The third kappa shape index (κ3) is 8.05. The highest BCUT2D eigenvalue weighted by Crippen LogP contribution is 2.30. The predicted octanol–water partition coefficient (Wildman–Crippen LogP) is 4.74. The standard InChI is InChI=1S/C23H28Cl3N3O4S/c1-15(22(31)27-23(2,3)4)28(13-16-7-6-8-17(24)11-16)21(30)14-29(34(5,32)33)20-10-9-18(25)12-19(20)26/h6-12,15H,13-14H2,1-5H3,(H,27,31)/t15-/m0/s1. The molecule has 0 heterocycles. The Bertz CT molecular complexity index is 1170. The maximum absolute atomic E-state index is 13.5. The summed E-state index contributed by atoms with van der Waals surface area (Å²) >= 11 is 18.3. The normalized spacial score (nSPS) is 12.7. The lowest BCUT2D eigenvalue weighted by Crippen LogP contribution is -2.54. The van der Waals surface area contributed by atoms with E-state index in [2.05, 4.69) is 5.32 Å². The minimum atomic E-state index is -3.90. The highest BCUT2D eigenvalue weighted by Gasteiger charge is 2.32. The molecule has 0 aromatic heterocycles. The Morgan fingerprint density at radius 3 is 2.18 bits per heavy atom. The summed E-state index contributed by atoms with van der Waals surface area (Å²) in [5.41, 5.74) is 0.272. The number of anilines is 1. The molecule has 2 aromatic carbocycles. The molecule has 2 amide bonds. The molecule has 0 saturated carbocycles. The van der Waals surface area contributed by atoms with Crippen molar-refractivity contribution in [2.24, 2.45) is 0 Å². The third-order valence-electron chi connectivity index (χ3n) is 4.77. The quantitative estimate of drug-likeness (QED) is 0.516. The summed E-state index contributed by atoms with van der Waals surface area (Å²) in [7, 11) is -3.90. The average molecular weight is 549 g/mol. The van der Waals surface area contributed by atoms with Crippen LogP contribution in [-0.4, -0.2) is 49.5 Å². The molecule has 186 valence electrons. The van der Waals surface area contributed by atoms with Crippen molar-refractivity contribution >= 4 is 62.3 Å². The minimum absolute atomic E-state index is 0.0457. The molecular weight excluding hydrogens is 521 g/mol. The van der Waals surface area contributed by atoms with Gasteiger partial charge in [0.25, 0.3) is 0 Å². The molecule has 34 heavy (non-hydrogen) atoms. The lowest BCUT2D eigenvalue weighted by atomic mass is 10.1. The Balaban J connectivity index is 2.44. The van der Waals surface area contributed by atoms with Crippen molar-refractivity contribution in [2.45, 2.75) is 45.8 Å². The van der Waals surface area contributed by atoms with Crippen LogP contribution in [0.4, 0.5) is 5.69 Å². The van der Waals surface area contributed by atoms with Crippen LogP contribution in [0.3, 0.4) is 0 Å². The molecular formula is C23H28Cl3N3O4S. The molecule has 11 heteroatoms. The van der Waals surface area contributed by atoms with E-state index in [1.54, 1.807) is 31.2 Å². The second-order valence-electron chi connectivity index (χ2n) is 8.93. The van der Waals surface area contributed by atoms with E-state index in [0.29, 0.717) is 15.6 Å². The SMILES string of the molecule is C[C@@H](C(=O)NC(C)(C)C)N(Cc1cccc(Cl)c1)C(=O)CN(c1ccc(Cl)cc1Cl)S(C)(=O)=O. The molecule has 1 N–H and O–H groups in total. The summed E-state index contributed by atoms with van der Waals surface area (Å²) in [6.45, 7) is 6.56. The number of hydrogen-bond acceptors (Lipinski definition) is 4. The van der Waals surface area contributed by atoms with Gasteiger partial charge in [-0.3, -0.25) is 13.9 Å². The number of nitrogens with zero attached hydrogens (tertiary/aromatic N) is 2. The number of sulfonamides is 1. The van der Waals surface area contributed by atoms with Crippen LogP contribution in [-0.2, 0) is 26.2 Å². The van der Waals surface area contributed by atoms with E-state index < -0.39 is 34.1 Å². The molecule has 0 radical (unpaired) electrons. The number of hydrogen-bond donors (Lipinski definition) is 1. The summed E-state index contributed by atoms with van der Waals surface area (Å²) in [4.78, 5) is 27.7. The van der Waals surface area contributed by atoms with Crippen molar-refractivity contribution in [1.82, 2.24) is 10.2 Å². The zero-order chi connectivity index (χ0) is 25.8. The summed E-state index contributed by atoms with van der Waals surface area (Å²) in [5, 5.41) is 3.73. The summed E-state index contributed by atoms with van der Waals surface area (Å²) < 4.78 is 26.1. The number of carbonyl (C=O) groups excluding carboxylic acids is 2. The van der Waals surface area contributed by atoms with Crippen molar-refractivity contribution < 1.29 is 18.0 Å². The highest BCUT2D eigenvalue weighted by atomic mass is 35.5. The largest absolute Gasteiger partial charge is 0.350 e. The Kier molecular flexibility index (Phi) is 9.27. The number of amides is 2. The van der Waals surface area contributed by atoms with Gasteiger partial charge in [0.15, 0.2) is 0 Å². The maximum atomic E-state index is 13.5. The van der Waals surface area contributed by atoms with Gasteiger partial charge in [-0.1, -0.05) is 46.9 Å². The Hall–Kier alpha value is -2.00. The lowest BCUT2D eigenvalue weighted by Gasteiger charge is -2.33. The molecule has 2 rings (SSSR count). The molecule has 0 saturated heterocycles. The highest BCUT2D eigenvalue weighted by molar-refractivity contribution is 7.92. The molecule has 0 aliphatic heterocycles. The van der Waals surface area contributed by atoms with Gasteiger partial charge in [-0.25, -0.2) is 8.42 Å². The van der Waals surface area contributed by atoms with Crippen LogP contribution in [0.1, 0.15) is 33.3 Å². The number of nitrogens with one attached hydrogen (secondary N) is 1.